The fourth-order valence-electron chi connectivity index (χ4n) is 2.49. The first-order chi connectivity index (χ1) is 14.0. The van der Waals surface area contributed by atoms with Gasteiger partial charge in [-0.25, -0.2) is 12.8 Å². The van der Waals surface area contributed by atoms with Crippen molar-refractivity contribution in [3.63, 3.8) is 0 Å². The normalized spacial score (nSPS) is 11.8. The second-order valence-electron chi connectivity index (χ2n) is 5.95. The lowest BCUT2D eigenvalue weighted by Crippen LogP contribution is -2.23. The summed E-state index contributed by atoms with van der Waals surface area (Å²) < 4.78 is 45.9. The van der Waals surface area contributed by atoms with Crippen molar-refractivity contribution in [2.45, 2.75) is 4.90 Å². The van der Waals surface area contributed by atoms with Gasteiger partial charge in [-0.15, -0.1) is 0 Å². The van der Waals surface area contributed by atoms with Crippen LogP contribution in [0.4, 0.5) is 10.1 Å². The second-order valence-corrected chi connectivity index (χ2v) is 7.64. The van der Waals surface area contributed by atoms with E-state index in [-0.39, 0.29) is 29.3 Å². The Labute approximate surface area is 168 Å². The second kappa shape index (κ2) is 9.20. The highest BCUT2D eigenvalue weighted by atomic mass is 32.2. The maximum absolute atomic E-state index is 13.0. The van der Waals surface area contributed by atoms with Gasteiger partial charge >= 0.3 is 0 Å². The first-order valence-electron chi connectivity index (χ1n) is 8.73. The van der Waals surface area contributed by atoms with E-state index in [0.29, 0.717) is 5.75 Å². The Morgan fingerprint density at radius 1 is 0.966 bits per heavy atom. The molecule has 6 nitrogen and oxygen atoms in total. The lowest BCUT2D eigenvalue weighted by Gasteiger charge is -2.17. The van der Waals surface area contributed by atoms with Gasteiger partial charge in [0, 0.05) is 5.56 Å². The van der Waals surface area contributed by atoms with E-state index >= 15 is 0 Å². The van der Waals surface area contributed by atoms with Crippen LogP contribution in [0.1, 0.15) is 5.56 Å². The van der Waals surface area contributed by atoms with E-state index in [1.807, 2.05) is 18.2 Å². The van der Waals surface area contributed by atoms with E-state index in [0.717, 1.165) is 24.3 Å². The minimum absolute atomic E-state index is 0.0922. The Morgan fingerprint density at radius 3 is 2.34 bits per heavy atom. The van der Waals surface area contributed by atoms with Crippen molar-refractivity contribution < 1.29 is 22.7 Å². The molecule has 0 amide bonds. The molecule has 29 heavy (non-hydrogen) atoms. The summed E-state index contributed by atoms with van der Waals surface area (Å²) in [5, 5.41) is 12.4. The van der Waals surface area contributed by atoms with Gasteiger partial charge in [-0.3, -0.25) is 9.71 Å². The summed E-state index contributed by atoms with van der Waals surface area (Å²) in [6.07, 6.45) is 0. The molecule has 0 aliphatic carbocycles. The molecular weight excluding hydrogens is 395 g/mol. The van der Waals surface area contributed by atoms with Crippen LogP contribution in [0, 0.1) is 5.82 Å². The Morgan fingerprint density at radius 2 is 1.62 bits per heavy atom. The van der Waals surface area contributed by atoms with Gasteiger partial charge in [-0.1, -0.05) is 36.4 Å². The molecule has 0 unspecified atom stereocenters. The van der Waals surface area contributed by atoms with Gasteiger partial charge in [-0.05, 0) is 48.4 Å². The summed E-state index contributed by atoms with van der Waals surface area (Å²) in [4.78, 5) is 3.82. The number of hydrogen-bond donors (Lipinski definition) is 1. The molecule has 1 N–H and O–H groups in total. The molecule has 3 rings (SSSR count). The minimum Gasteiger partial charge on any atom is -0.858 e. The van der Waals surface area contributed by atoms with Gasteiger partial charge in [0.05, 0.1) is 17.1 Å². The third-order valence-corrected chi connectivity index (χ3v) is 5.27. The molecular formula is C21H18FN2O4S-. The number of sulfonamides is 1. The van der Waals surface area contributed by atoms with Crippen LogP contribution in [0.3, 0.4) is 0 Å². The Balaban J connectivity index is 1.71. The SMILES string of the molecule is O=S(=O)(Nc1ccccc1C([O-])=NCCOc1ccccc1)c1ccc(F)cc1. The largest absolute Gasteiger partial charge is 0.858 e. The predicted octanol–water partition coefficient (Wildman–Crippen LogP) is 2.81. The molecule has 0 saturated carbocycles. The highest BCUT2D eigenvalue weighted by Crippen LogP contribution is 2.20. The maximum Gasteiger partial charge on any atom is 0.261 e. The molecule has 0 atom stereocenters. The summed E-state index contributed by atoms with van der Waals surface area (Å²) in [5.74, 6) is -0.447. The number of hydrogen-bond acceptors (Lipinski definition) is 5. The van der Waals surface area contributed by atoms with Crippen molar-refractivity contribution in [3.8, 4) is 5.75 Å². The molecule has 0 heterocycles. The van der Waals surface area contributed by atoms with Crippen molar-refractivity contribution >= 4 is 21.6 Å². The summed E-state index contributed by atoms with van der Waals surface area (Å²) in [5.41, 5.74) is 0.201. The molecule has 150 valence electrons. The van der Waals surface area contributed by atoms with Gasteiger partial charge in [0.1, 0.15) is 18.2 Å². The Kier molecular flexibility index (Phi) is 6.46. The van der Waals surface area contributed by atoms with Crippen LogP contribution in [0.5, 0.6) is 5.75 Å². The zero-order valence-corrected chi connectivity index (χ0v) is 16.1. The fraction of sp³-hybridized carbons (Fsp3) is 0.0952. The fourth-order valence-corrected chi connectivity index (χ4v) is 3.57. The standard InChI is InChI=1S/C21H19FN2O4S/c22-16-10-12-18(13-11-16)29(26,27)24-20-9-5-4-8-19(20)21(25)23-14-15-28-17-6-2-1-3-7-17/h1-13,24H,14-15H2,(H,23,25)/p-1. The average molecular weight is 413 g/mol. The number of nitrogens with zero attached hydrogens (tertiary/aromatic N) is 1. The number of para-hydroxylation sites is 2. The highest BCUT2D eigenvalue weighted by Gasteiger charge is 2.16. The van der Waals surface area contributed by atoms with Crippen LogP contribution in [0.25, 0.3) is 0 Å². The van der Waals surface area contributed by atoms with E-state index in [1.165, 1.54) is 12.1 Å². The number of rotatable bonds is 8. The number of anilines is 1. The van der Waals surface area contributed by atoms with E-state index in [9.17, 15) is 17.9 Å². The first kappa shape index (κ1) is 20.3. The third-order valence-electron chi connectivity index (χ3n) is 3.88. The van der Waals surface area contributed by atoms with Gasteiger partial charge in [0.15, 0.2) is 0 Å². The summed E-state index contributed by atoms with van der Waals surface area (Å²) in [7, 11) is -3.98. The van der Waals surface area contributed by atoms with Crippen molar-refractivity contribution in [2.24, 2.45) is 4.99 Å². The molecule has 0 fully saturated rings. The van der Waals surface area contributed by atoms with Crippen LogP contribution >= 0.6 is 0 Å². The quantitative estimate of drug-likeness (QED) is 0.349. The first-order valence-corrected chi connectivity index (χ1v) is 10.2. The van der Waals surface area contributed by atoms with E-state index < -0.39 is 21.7 Å². The van der Waals surface area contributed by atoms with E-state index in [1.54, 1.807) is 24.3 Å². The van der Waals surface area contributed by atoms with E-state index in [4.69, 9.17) is 4.74 Å². The van der Waals surface area contributed by atoms with Crippen molar-refractivity contribution in [1.29, 1.82) is 0 Å². The van der Waals surface area contributed by atoms with Crippen LogP contribution in [0.2, 0.25) is 0 Å². The average Bonchev–Trinajstić information content (AvgIpc) is 2.72. The van der Waals surface area contributed by atoms with E-state index in [2.05, 4.69) is 9.71 Å². The van der Waals surface area contributed by atoms with Crippen LogP contribution in [-0.4, -0.2) is 27.5 Å². The van der Waals surface area contributed by atoms with Crippen molar-refractivity contribution in [2.75, 3.05) is 17.9 Å². The van der Waals surface area contributed by atoms with Gasteiger partial charge in [-0.2, -0.15) is 0 Å². The Hall–Kier alpha value is -3.39. The molecule has 0 spiro atoms. The molecule has 0 bridgehead atoms. The molecule has 0 saturated heterocycles. The Bertz CT molecular complexity index is 1090. The molecule has 0 radical (unpaired) electrons. The summed E-state index contributed by atoms with van der Waals surface area (Å²) >= 11 is 0. The molecule has 3 aromatic rings. The lowest BCUT2D eigenvalue weighted by atomic mass is 10.2. The summed E-state index contributed by atoms with van der Waals surface area (Å²) in [6.45, 7) is 0.325. The van der Waals surface area contributed by atoms with Crippen LogP contribution in [0.15, 0.2) is 88.8 Å². The number of ether oxygens (including phenoxy) is 1. The molecule has 3 aromatic carbocycles. The number of nitrogens with one attached hydrogen (secondary N) is 1. The molecule has 8 heteroatoms. The van der Waals surface area contributed by atoms with Crippen LogP contribution in [-0.2, 0) is 10.0 Å². The number of aliphatic imine (C=N–C) groups is 1. The van der Waals surface area contributed by atoms with Crippen molar-refractivity contribution in [1.82, 2.24) is 0 Å². The molecule has 0 aliphatic heterocycles. The van der Waals surface area contributed by atoms with Gasteiger partial charge in [0.25, 0.3) is 10.0 Å². The zero-order valence-electron chi connectivity index (χ0n) is 15.3. The highest BCUT2D eigenvalue weighted by molar-refractivity contribution is 7.92. The van der Waals surface area contributed by atoms with Gasteiger partial charge < -0.3 is 9.84 Å². The van der Waals surface area contributed by atoms with Crippen LogP contribution < -0.4 is 14.6 Å². The number of benzene rings is 3. The zero-order chi connectivity index (χ0) is 20.7. The topological polar surface area (TPSA) is 90.8 Å². The summed E-state index contributed by atoms with van der Waals surface area (Å²) in [6, 6.07) is 19.7. The number of halogens is 1. The molecule has 0 aliphatic rings. The lowest BCUT2D eigenvalue weighted by molar-refractivity contribution is -0.213. The minimum atomic E-state index is -3.98. The monoisotopic (exact) mass is 413 g/mol. The molecule has 0 aromatic heterocycles. The van der Waals surface area contributed by atoms with Gasteiger partial charge in [0.2, 0.25) is 0 Å². The smallest absolute Gasteiger partial charge is 0.261 e. The maximum atomic E-state index is 13.0. The predicted molar refractivity (Wildman–Crippen MR) is 107 cm³/mol. The van der Waals surface area contributed by atoms with Crippen molar-refractivity contribution in [3.05, 3.63) is 90.2 Å². The third kappa shape index (κ3) is 5.55.